The highest BCUT2D eigenvalue weighted by atomic mass is 16.8. The summed E-state index contributed by atoms with van der Waals surface area (Å²) in [7, 11) is 0. The monoisotopic (exact) mass is 764 g/mol. The van der Waals surface area contributed by atoms with Gasteiger partial charge >= 0.3 is 0 Å². The number of ether oxygens (including phenoxy) is 6. The van der Waals surface area contributed by atoms with Crippen LogP contribution in [0.15, 0.2) is 66.5 Å². The van der Waals surface area contributed by atoms with Crippen molar-refractivity contribution in [3.63, 3.8) is 0 Å². The van der Waals surface area contributed by atoms with Gasteiger partial charge in [0.2, 0.25) is 18.4 Å². The van der Waals surface area contributed by atoms with Gasteiger partial charge in [-0.25, -0.2) is 4.68 Å². The molecule has 7 atom stereocenters. The number of oxime groups is 1. The van der Waals surface area contributed by atoms with E-state index in [1.807, 2.05) is 30.7 Å². The predicted octanol–water partition coefficient (Wildman–Crippen LogP) is 6.95. The van der Waals surface area contributed by atoms with Crippen molar-refractivity contribution in [1.82, 2.24) is 15.0 Å². The fraction of sp³-hybridized carbons (Fsp3) is 0.643. The molecule has 2 aliphatic carbocycles. The highest BCUT2D eigenvalue weighted by molar-refractivity contribution is 6.02. The Labute approximate surface area is 325 Å². The van der Waals surface area contributed by atoms with Gasteiger partial charge in [-0.2, -0.15) is 0 Å². The molecule has 2 aliphatic heterocycles. The van der Waals surface area contributed by atoms with E-state index >= 15 is 0 Å². The summed E-state index contributed by atoms with van der Waals surface area (Å²) in [4.78, 5) is 6.24. The fourth-order valence-electron chi connectivity index (χ4n) is 8.92. The first-order valence-electron chi connectivity index (χ1n) is 20.3. The van der Waals surface area contributed by atoms with Gasteiger partial charge in [0, 0.05) is 50.8 Å². The first-order valence-corrected chi connectivity index (χ1v) is 20.3. The summed E-state index contributed by atoms with van der Waals surface area (Å²) in [5.74, 6) is -0.137. The number of aliphatic hydroxyl groups excluding tert-OH is 2. The third kappa shape index (κ3) is 9.03. The topological polar surface area (TPSA) is 148 Å². The van der Waals surface area contributed by atoms with Crippen LogP contribution in [-0.4, -0.2) is 89.2 Å². The minimum atomic E-state index is -1.31. The highest BCUT2D eigenvalue weighted by Crippen LogP contribution is 2.63. The van der Waals surface area contributed by atoms with Crippen LogP contribution in [0.3, 0.4) is 0 Å². The van der Waals surface area contributed by atoms with Gasteiger partial charge in [-0.3, -0.25) is 0 Å². The molecule has 2 N–H and O–H groups in total. The molecule has 0 spiro atoms. The van der Waals surface area contributed by atoms with E-state index in [-0.39, 0.29) is 43.5 Å². The summed E-state index contributed by atoms with van der Waals surface area (Å²) < 4.78 is 40.5. The zero-order chi connectivity index (χ0) is 38.6. The van der Waals surface area contributed by atoms with Crippen molar-refractivity contribution in [3.8, 4) is 11.5 Å². The molecule has 13 heteroatoms. The van der Waals surface area contributed by atoms with Gasteiger partial charge in [0.05, 0.1) is 31.0 Å². The van der Waals surface area contributed by atoms with Crippen LogP contribution in [0.1, 0.15) is 108 Å². The second-order valence-electron chi connectivity index (χ2n) is 14.6. The van der Waals surface area contributed by atoms with E-state index in [2.05, 4.69) is 30.4 Å². The van der Waals surface area contributed by atoms with E-state index in [9.17, 15) is 10.2 Å². The number of nitrogens with zero attached hydrogens (tertiary/aromatic N) is 4. The van der Waals surface area contributed by atoms with Gasteiger partial charge < -0.3 is 43.5 Å². The lowest BCUT2D eigenvalue weighted by molar-refractivity contribution is -0.254. The molecule has 0 radical (unpaired) electrons. The standard InChI is InChI=1S/C42H60N4O9/c1-5-22-51-30-18-19-36-33(26-30)39-31(16-10-13-21-48)29(15-9-12-20-47)25-32-34(44-55-38-17-11-14-24-52-38)27-37(42(54-36,40(32)39)53-23-6-2)46-35(28-43-45-46)41(49-7-3)50-8-4/h5-6,18-19,25-26,28-29,31,37-41,47-48H,1-2,7-17,20-24,27H2,3-4H3/t29-,31+,37-,38?,39+,40+,42+/m0/s1. The molecule has 1 saturated carbocycles. The largest absolute Gasteiger partial charge is 0.490 e. The number of hydrogen-bond acceptors (Lipinski definition) is 12. The van der Waals surface area contributed by atoms with Gasteiger partial charge in [-0.05, 0) is 88.0 Å². The van der Waals surface area contributed by atoms with Crippen molar-refractivity contribution < 1.29 is 43.5 Å². The Bertz CT molecular complexity index is 1600. The quantitative estimate of drug-likeness (QED) is 0.0556. The number of hydrogen-bond donors (Lipinski definition) is 2. The van der Waals surface area contributed by atoms with Crippen LogP contribution in [0.2, 0.25) is 0 Å². The maximum absolute atomic E-state index is 9.91. The lowest BCUT2D eigenvalue weighted by Gasteiger charge is -2.58. The lowest BCUT2D eigenvalue weighted by atomic mass is 9.55. The Kier molecular flexibility index (Phi) is 14.9. The van der Waals surface area contributed by atoms with Crippen LogP contribution in [0.25, 0.3) is 0 Å². The average Bonchev–Trinajstić information content (AvgIpc) is 3.69. The molecular weight excluding hydrogens is 704 g/mol. The maximum atomic E-state index is 9.91. The van der Waals surface area contributed by atoms with Crippen LogP contribution in [0.5, 0.6) is 11.5 Å². The minimum Gasteiger partial charge on any atom is -0.490 e. The van der Waals surface area contributed by atoms with E-state index in [0.29, 0.717) is 57.1 Å². The molecular formula is C42H60N4O9. The maximum Gasteiger partial charge on any atom is 0.241 e. The molecule has 2 fully saturated rings. The number of rotatable bonds is 22. The Morgan fingerprint density at radius 1 is 1.04 bits per heavy atom. The van der Waals surface area contributed by atoms with Crippen LogP contribution < -0.4 is 9.47 Å². The van der Waals surface area contributed by atoms with Crippen LogP contribution in [0, 0.1) is 17.8 Å². The van der Waals surface area contributed by atoms with Crippen LogP contribution in [0.4, 0.5) is 0 Å². The van der Waals surface area contributed by atoms with E-state index in [4.69, 9.17) is 43.6 Å². The van der Waals surface area contributed by atoms with Crippen molar-refractivity contribution in [2.24, 2.45) is 22.9 Å². The molecule has 3 heterocycles. The van der Waals surface area contributed by atoms with Gasteiger partial charge in [-0.15, -0.1) is 11.7 Å². The Morgan fingerprint density at radius 2 is 1.82 bits per heavy atom. The van der Waals surface area contributed by atoms with E-state index in [1.165, 1.54) is 0 Å². The fourth-order valence-corrected chi connectivity index (χ4v) is 8.92. The molecule has 1 unspecified atom stereocenters. The first-order chi connectivity index (χ1) is 27.0. The molecule has 6 rings (SSSR count). The molecule has 302 valence electrons. The number of unbranched alkanes of at least 4 members (excludes halogenated alkanes) is 2. The first kappa shape index (κ1) is 41.1. The lowest BCUT2D eigenvalue weighted by Crippen LogP contribution is -2.63. The van der Waals surface area contributed by atoms with Gasteiger partial charge in [0.15, 0.2) is 0 Å². The van der Waals surface area contributed by atoms with E-state index in [1.54, 1.807) is 18.3 Å². The van der Waals surface area contributed by atoms with Crippen molar-refractivity contribution in [3.05, 3.63) is 72.6 Å². The van der Waals surface area contributed by atoms with Crippen molar-refractivity contribution in [1.29, 1.82) is 0 Å². The SMILES string of the molecule is C=CCOc1ccc2c(c1)[C@H]1[C@H](CCCCO)[C@@H](CCCCO)C=C3C(=NOC4CCCCO4)C[C@H](n4nncc4C(OCC)OCC)[C@@](OCC=C)(O2)[C@H]31. The Balaban J connectivity index is 1.59. The van der Waals surface area contributed by atoms with Crippen LogP contribution in [-0.2, 0) is 23.8 Å². The third-order valence-corrected chi connectivity index (χ3v) is 11.2. The summed E-state index contributed by atoms with van der Waals surface area (Å²) in [6.07, 6.45) is 14.3. The van der Waals surface area contributed by atoms with Crippen molar-refractivity contribution in [2.45, 2.75) is 108 Å². The minimum absolute atomic E-state index is 0.123. The van der Waals surface area contributed by atoms with E-state index < -0.39 is 24.4 Å². The van der Waals surface area contributed by atoms with Crippen LogP contribution >= 0.6 is 0 Å². The number of allylic oxidation sites excluding steroid dienone is 1. The molecule has 0 bridgehead atoms. The molecule has 2 aromatic rings. The Morgan fingerprint density at radius 3 is 2.53 bits per heavy atom. The van der Waals surface area contributed by atoms with Gasteiger partial charge in [0.1, 0.15) is 29.8 Å². The zero-order valence-electron chi connectivity index (χ0n) is 32.6. The number of benzene rings is 1. The molecule has 1 aromatic carbocycles. The average molecular weight is 765 g/mol. The molecule has 1 aromatic heterocycles. The second kappa shape index (κ2) is 20.0. The molecule has 55 heavy (non-hydrogen) atoms. The zero-order valence-corrected chi connectivity index (χ0v) is 32.6. The molecule has 1 saturated heterocycles. The summed E-state index contributed by atoms with van der Waals surface area (Å²) >= 11 is 0. The summed E-state index contributed by atoms with van der Waals surface area (Å²) in [6, 6.07) is 5.40. The predicted molar refractivity (Wildman–Crippen MR) is 207 cm³/mol. The van der Waals surface area contributed by atoms with E-state index in [0.717, 1.165) is 67.5 Å². The molecule has 0 amide bonds. The highest BCUT2D eigenvalue weighted by Gasteiger charge is 2.65. The third-order valence-electron chi connectivity index (χ3n) is 11.2. The molecule has 13 nitrogen and oxygen atoms in total. The summed E-state index contributed by atoms with van der Waals surface area (Å²) in [5.41, 5.74) is 3.43. The molecule has 4 aliphatic rings. The van der Waals surface area contributed by atoms with Crippen molar-refractivity contribution in [2.75, 3.05) is 46.2 Å². The second-order valence-corrected chi connectivity index (χ2v) is 14.6. The van der Waals surface area contributed by atoms with Gasteiger partial charge in [-0.1, -0.05) is 48.0 Å². The number of aliphatic hydroxyl groups is 2. The summed E-state index contributed by atoms with van der Waals surface area (Å²) in [5, 5.41) is 33.8. The van der Waals surface area contributed by atoms with Gasteiger partial charge in [0.25, 0.3) is 0 Å². The Hall–Kier alpha value is -3.59. The number of fused-ring (bicyclic) bond motifs is 2. The normalized spacial score (nSPS) is 27.9. The van der Waals surface area contributed by atoms with Crippen molar-refractivity contribution >= 4 is 5.71 Å². The number of aromatic nitrogens is 3. The summed E-state index contributed by atoms with van der Waals surface area (Å²) in [6.45, 7) is 14.1. The smallest absolute Gasteiger partial charge is 0.241 e.